The third kappa shape index (κ3) is 80.5. The number of hydrogen-bond donors (Lipinski definition) is 3. The Morgan fingerprint density at radius 1 is 0.262 bits per heavy atom. The molecule has 6 atom stereocenters. The van der Waals surface area contributed by atoms with Gasteiger partial charge in [0.15, 0.2) is 12.2 Å². The molecule has 0 saturated carbocycles. The van der Waals surface area contributed by atoms with Gasteiger partial charge in [-0.05, 0) is 49.4 Å². The number of carbonyl (C=O) groups is 4. The topological polar surface area (TPSA) is 237 Å². The van der Waals surface area contributed by atoms with Crippen LogP contribution in [0.5, 0.6) is 0 Å². The smallest absolute Gasteiger partial charge is 0.462 e. The lowest BCUT2D eigenvalue weighted by Gasteiger charge is -2.21. The molecule has 0 aliphatic rings. The highest BCUT2D eigenvalue weighted by Crippen LogP contribution is 2.45. The predicted octanol–water partition coefficient (Wildman–Crippen LogP) is 26.7. The quantitative estimate of drug-likeness (QED) is 0.0222. The second-order valence-electron chi connectivity index (χ2n) is 33.3. The van der Waals surface area contributed by atoms with E-state index in [-0.39, 0.29) is 25.7 Å². The molecule has 0 radical (unpaired) electrons. The number of aliphatic hydroxyl groups is 1. The van der Waals surface area contributed by atoms with E-state index in [1.54, 1.807) is 0 Å². The van der Waals surface area contributed by atoms with Crippen molar-refractivity contribution in [3.05, 3.63) is 0 Å². The van der Waals surface area contributed by atoms with E-state index in [4.69, 9.17) is 37.0 Å². The van der Waals surface area contributed by atoms with Crippen molar-refractivity contribution in [1.29, 1.82) is 0 Å². The molecule has 19 heteroatoms. The molecule has 17 nitrogen and oxygen atoms in total. The first-order valence-electron chi connectivity index (χ1n) is 45.2. The molecule has 3 unspecified atom stereocenters. The van der Waals surface area contributed by atoms with Crippen LogP contribution < -0.4 is 0 Å². The van der Waals surface area contributed by atoms with Gasteiger partial charge in [-0.15, -0.1) is 0 Å². The van der Waals surface area contributed by atoms with E-state index in [1.165, 1.54) is 257 Å². The fraction of sp³-hybridized carbons (Fsp3) is 0.955. The molecule has 0 heterocycles. The number of phosphoric acid groups is 2. The first kappa shape index (κ1) is 105. The van der Waals surface area contributed by atoms with Gasteiger partial charge in [0.1, 0.15) is 19.3 Å². The number of rotatable bonds is 85. The second kappa shape index (κ2) is 76.7. The monoisotopic (exact) mass is 1560 g/mol. The third-order valence-corrected chi connectivity index (χ3v) is 22.8. The Bertz CT molecular complexity index is 2080. The van der Waals surface area contributed by atoms with Crippen LogP contribution in [0.2, 0.25) is 0 Å². The minimum absolute atomic E-state index is 0.106. The average molecular weight is 1560 g/mol. The van der Waals surface area contributed by atoms with Crippen LogP contribution in [0.15, 0.2) is 0 Å². The van der Waals surface area contributed by atoms with Gasteiger partial charge < -0.3 is 33.8 Å². The molecule has 0 saturated heterocycles. The zero-order chi connectivity index (χ0) is 78.8. The maximum absolute atomic E-state index is 13.2. The summed E-state index contributed by atoms with van der Waals surface area (Å²) < 4.78 is 68.9. The van der Waals surface area contributed by atoms with Crippen LogP contribution in [0, 0.1) is 23.7 Å². The molecule has 0 aliphatic carbocycles. The summed E-state index contributed by atoms with van der Waals surface area (Å²) >= 11 is 0. The Balaban J connectivity index is 5.20. The molecule has 3 N–H and O–H groups in total. The largest absolute Gasteiger partial charge is 0.472 e. The van der Waals surface area contributed by atoms with Gasteiger partial charge in [0.2, 0.25) is 0 Å². The highest BCUT2D eigenvalue weighted by Gasteiger charge is 2.31. The number of ether oxygens (including phenoxy) is 4. The summed E-state index contributed by atoms with van der Waals surface area (Å²) in [5.74, 6) is 1.04. The van der Waals surface area contributed by atoms with Gasteiger partial charge in [0.05, 0.1) is 26.4 Å². The lowest BCUT2D eigenvalue weighted by atomic mass is 9.99. The summed E-state index contributed by atoms with van der Waals surface area (Å²) in [7, 11) is -9.93. The zero-order valence-electron chi connectivity index (χ0n) is 70.8. The van der Waals surface area contributed by atoms with Gasteiger partial charge >= 0.3 is 39.5 Å². The van der Waals surface area contributed by atoms with Gasteiger partial charge in [-0.2, -0.15) is 0 Å². The SMILES string of the molecule is CCC(C)CCCCCCCCCCCCCCCCCCCCC(=O)OC[C@H](COP(=O)(O)OC[C@@H](O)COP(=O)(O)OC[C@@H](COC(=O)CCCCCCCCC(C)C)OC(=O)CCCCCCCCCCCCCCC(C)C)OC(=O)CCCCCCCCCCCCCCCCCCCCC(C)C. The number of phosphoric ester groups is 2. The van der Waals surface area contributed by atoms with Crippen molar-refractivity contribution < 1.29 is 80.2 Å². The third-order valence-electron chi connectivity index (χ3n) is 20.9. The van der Waals surface area contributed by atoms with Crippen molar-refractivity contribution in [2.45, 2.75) is 478 Å². The molecule has 0 fully saturated rings. The van der Waals surface area contributed by atoms with E-state index >= 15 is 0 Å². The Labute approximate surface area is 658 Å². The van der Waals surface area contributed by atoms with Crippen LogP contribution in [-0.4, -0.2) is 96.7 Å². The summed E-state index contributed by atoms with van der Waals surface area (Å²) in [5.41, 5.74) is 0. The summed E-state index contributed by atoms with van der Waals surface area (Å²) in [5, 5.41) is 10.7. The summed E-state index contributed by atoms with van der Waals surface area (Å²) in [4.78, 5) is 73.2. The molecule has 0 aliphatic heterocycles. The fourth-order valence-electron chi connectivity index (χ4n) is 13.6. The van der Waals surface area contributed by atoms with E-state index in [0.29, 0.717) is 31.6 Å². The molecule has 0 spiro atoms. The summed E-state index contributed by atoms with van der Waals surface area (Å²) in [6.07, 6.45) is 66.9. The van der Waals surface area contributed by atoms with Crippen molar-refractivity contribution in [2.75, 3.05) is 39.6 Å². The molecule has 0 bridgehead atoms. The van der Waals surface area contributed by atoms with E-state index in [2.05, 4.69) is 55.4 Å². The number of aliphatic hydroxyl groups excluding tert-OH is 1. The molecule has 0 aromatic carbocycles. The Kier molecular flexibility index (Phi) is 75.3. The van der Waals surface area contributed by atoms with Crippen molar-refractivity contribution in [3.8, 4) is 0 Å². The molecule has 0 aromatic heterocycles. The number of unbranched alkanes of at least 4 members (excludes halogenated alkanes) is 50. The van der Waals surface area contributed by atoms with Gasteiger partial charge in [0, 0.05) is 25.7 Å². The Morgan fingerprint density at radius 3 is 0.664 bits per heavy atom. The molecule has 107 heavy (non-hydrogen) atoms. The lowest BCUT2D eigenvalue weighted by Crippen LogP contribution is -2.30. The predicted molar refractivity (Wildman–Crippen MR) is 441 cm³/mol. The molecule has 0 aromatic rings. The first-order valence-corrected chi connectivity index (χ1v) is 48.2. The average Bonchev–Trinajstić information content (AvgIpc) is 0.900. The van der Waals surface area contributed by atoms with Crippen LogP contribution >= 0.6 is 15.6 Å². The summed E-state index contributed by atoms with van der Waals surface area (Å²) in [6.45, 7) is 14.3. The zero-order valence-corrected chi connectivity index (χ0v) is 72.6. The lowest BCUT2D eigenvalue weighted by molar-refractivity contribution is -0.161. The number of esters is 4. The van der Waals surface area contributed by atoms with Crippen LogP contribution in [-0.2, 0) is 65.4 Å². The second-order valence-corrected chi connectivity index (χ2v) is 36.2. The van der Waals surface area contributed by atoms with Gasteiger partial charge in [-0.1, -0.05) is 409 Å². The highest BCUT2D eigenvalue weighted by molar-refractivity contribution is 7.47. The minimum Gasteiger partial charge on any atom is -0.462 e. The fourth-order valence-corrected chi connectivity index (χ4v) is 15.2. The van der Waals surface area contributed by atoms with E-state index in [0.717, 1.165) is 114 Å². The van der Waals surface area contributed by atoms with Crippen LogP contribution in [0.1, 0.15) is 460 Å². The van der Waals surface area contributed by atoms with Crippen molar-refractivity contribution in [3.63, 3.8) is 0 Å². The Hall–Kier alpha value is -1.94. The van der Waals surface area contributed by atoms with E-state index < -0.39 is 97.5 Å². The van der Waals surface area contributed by atoms with Crippen LogP contribution in [0.3, 0.4) is 0 Å². The molecule has 0 amide bonds. The normalized spacial score (nSPS) is 14.1. The van der Waals surface area contributed by atoms with Gasteiger partial charge in [-0.3, -0.25) is 37.3 Å². The molecule has 636 valence electrons. The van der Waals surface area contributed by atoms with Gasteiger partial charge in [0.25, 0.3) is 0 Å². The first-order chi connectivity index (χ1) is 51.6. The maximum Gasteiger partial charge on any atom is 0.472 e. The van der Waals surface area contributed by atoms with Crippen molar-refractivity contribution in [1.82, 2.24) is 0 Å². The van der Waals surface area contributed by atoms with Crippen LogP contribution in [0.4, 0.5) is 0 Å². The maximum atomic E-state index is 13.2. The van der Waals surface area contributed by atoms with E-state index in [9.17, 15) is 43.2 Å². The standard InChI is InChI=1S/C88H172O17P2/c1-9-81(8)67-59-51-42-36-30-23-19-15-11-13-16-20-24-31-37-43-52-60-68-85(90)98-74-83(104-87(92)70-62-54-44-38-32-25-21-17-12-10-14-18-22-28-34-40-48-56-64-78(2)3)76-102-106(94,95)100-72-82(89)73-101-107(96,97)103-77-84(75-99-86(91)69-61-53-47-46-50-58-66-80(6)7)105-88(93)71-63-55-45-39-33-27-26-29-35-41-49-57-65-79(4)5/h78-84,89H,9-77H2,1-8H3,(H,94,95)(H,96,97)/t81?,82-,83-,84-/m1/s1. The van der Waals surface area contributed by atoms with Crippen molar-refractivity contribution in [2.24, 2.45) is 23.7 Å². The molecular weight excluding hydrogens is 1390 g/mol. The number of carbonyl (C=O) groups excluding carboxylic acids is 4. The van der Waals surface area contributed by atoms with Gasteiger partial charge in [-0.25, -0.2) is 9.13 Å². The highest BCUT2D eigenvalue weighted by atomic mass is 31.2. The summed E-state index contributed by atoms with van der Waals surface area (Å²) in [6, 6.07) is 0. The van der Waals surface area contributed by atoms with Crippen LogP contribution in [0.25, 0.3) is 0 Å². The van der Waals surface area contributed by atoms with E-state index in [1.807, 2.05) is 0 Å². The minimum atomic E-state index is -4.97. The van der Waals surface area contributed by atoms with Crippen molar-refractivity contribution >= 4 is 39.5 Å². The number of hydrogen-bond acceptors (Lipinski definition) is 15. The Morgan fingerprint density at radius 2 is 0.449 bits per heavy atom. The molecular formula is C88H172O17P2. The molecule has 0 rings (SSSR count).